The number of carbonyl (C=O) groups excluding carboxylic acids is 2. The first-order valence-corrected chi connectivity index (χ1v) is 6.95. The lowest BCUT2D eigenvalue weighted by Gasteiger charge is -2.19. The van der Waals surface area contributed by atoms with Crippen molar-refractivity contribution in [2.75, 3.05) is 0 Å². The maximum absolute atomic E-state index is 12.8. The minimum Gasteiger partial charge on any atom is -0.289 e. The Labute approximate surface area is 126 Å². The molecule has 0 radical (unpaired) electrons. The van der Waals surface area contributed by atoms with Crippen LogP contribution in [0.15, 0.2) is 54.6 Å². The third kappa shape index (κ3) is 1.66. The van der Waals surface area contributed by atoms with Crippen LogP contribution in [0.4, 0.5) is 0 Å². The molecule has 0 unspecified atom stereocenters. The summed E-state index contributed by atoms with van der Waals surface area (Å²) in [4.78, 5) is 25.4. The normalized spacial score (nSPS) is 13.2. The van der Waals surface area contributed by atoms with Crippen molar-refractivity contribution in [2.24, 2.45) is 0 Å². The molecule has 0 amide bonds. The molecule has 0 fully saturated rings. The molecule has 0 heterocycles. The van der Waals surface area contributed by atoms with E-state index in [9.17, 15) is 9.59 Å². The van der Waals surface area contributed by atoms with Crippen LogP contribution in [-0.2, 0) is 0 Å². The summed E-state index contributed by atoms with van der Waals surface area (Å²) in [5.74, 6) is -0.204. The second-order valence-corrected chi connectivity index (χ2v) is 5.49. The molecule has 0 atom stereocenters. The van der Waals surface area contributed by atoms with Gasteiger partial charge in [-0.3, -0.25) is 9.59 Å². The van der Waals surface area contributed by atoms with Crippen LogP contribution >= 0.6 is 11.6 Å². The molecule has 0 bridgehead atoms. The van der Waals surface area contributed by atoms with Gasteiger partial charge in [0.15, 0.2) is 11.6 Å². The predicted octanol–water partition coefficient (Wildman–Crippen LogP) is 4.27. The van der Waals surface area contributed by atoms with Crippen molar-refractivity contribution in [3.8, 4) is 0 Å². The van der Waals surface area contributed by atoms with Gasteiger partial charge in [-0.1, -0.05) is 48.0 Å². The lowest BCUT2D eigenvalue weighted by molar-refractivity contribution is 0.0980. The largest absolute Gasteiger partial charge is 0.289 e. The van der Waals surface area contributed by atoms with Gasteiger partial charge in [0.05, 0.1) is 0 Å². The molecule has 100 valence electrons. The Balaban J connectivity index is 2.11. The van der Waals surface area contributed by atoms with Crippen molar-refractivity contribution in [3.63, 3.8) is 0 Å². The Bertz CT molecular complexity index is 941. The van der Waals surface area contributed by atoms with Gasteiger partial charge < -0.3 is 0 Å². The first-order valence-electron chi connectivity index (χ1n) is 6.57. The van der Waals surface area contributed by atoms with Crippen molar-refractivity contribution >= 4 is 33.9 Å². The number of hydrogen-bond donors (Lipinski definition) is 0. The van der Waals surface area contributed by atoms with E-state index in [2.05, 4.69) is 0 Å². The summed E-state index contributed by atoms with van der Waals surface area (Å²) in [5.41, 5.74) is 1.89. The molecule has 3 aromatic rings. The van der Waals surface area contributed by atoms with Crippen LogP contribution in [0, 0.1) is 0 Å². The van der Waals surface area contributed by atoms with E-state index in [1.807, 2.05) is 6.07 Å². The zero-order chi connectivity index (χ0) is 14.6. The zero-order valence-corrected chi connectivity index (χ0v) is 11.6. The Morgan fingerprint density at radius 2 is 1.43 bits per heavy atom. The van der Waals surface area contributed by atoms with E-state index >= 15 is 0 Å². The summed E-state index contributed by atoms with van der Waals surface area (Å²) < 4.78 is 0. The fourth-order valence-corrected chi connectivity index (χ4v) is 3.07. The first-order chi connectivity index (χ1) is 10.2. The zero-order valence-electron chi connectivity index (χ0n) is 10.9. The molecular formula is C18H9ClO2. The van der Waals surface area contributed by atoms with Crippen LogP contribution < -0.4 is 0 Å². The van der Waals surface area contributed by atoms with E-state index in [1.165, 1.54) is 0 Å². The number of fused-ring (bicyclic) bond motifs is 4. The standard InChI is InChI=1S/C18H9ClO2/c19-11-6-8-12-10(9-11)5-7-15-16(12)18(21)14-4-2-1-3-13(14)17(15)20/h1-9H. The molecular weight excluding hydrogens is 284 g/mol. The average molecular weight is 293 g/mol. The third-order valence-corrected chi connectivity index (χ3v) is 4.10. The topological polar surface area (TPSA) is 34.1 Å². The Morgan fingerprint density at radius 3 is 2.19 bits per heavy atom. The predicted molar refractivity (Wildman–Crippen MR) is 82.3 cm³/mol. The van der Waals surface area contributed by atoms with Crippen LogP contribution in [0.2, 0.25) is 5.02 Å². The van der Waals surface area contributed by atoms with Crippen LogP contribution in [0.25, 0.3) is 10.8 Å². The highest BCUT2D eigenvalue weighted by Gasteiger charge is 2.30. The van der Waals surface area contributed by atoms with E-state index < -0.39 is 0 Å². The number of hydrogen-bond acceptors (Lipinski definition) is 2. The number of ketones is 2. The number of halogens is 1. The molecule has 3 heteroatoms. The smallest absolute Gasteiger partial charge is 0.195 e. The average Bonchev–Trinajstić information content (AvgIpc) is 2.51. The third-order valence-electron chi connectivity index (χ3n) is 3.87. The Morgan fingerprint density at radius 1 is 0.714 bits per heavy atom. The quantitative estimate of drug-likeness (QED) is 0.485. The van der Waals surface area contributed by atoms with Gasteiger partial charge in [-0.05, 0) is 29.0 Å². The van der Waals surface area contributed by atoms with Gasteiger partial charge in [0.2, 0.25) is 0 Å². The summed E-state index contributed by atoms with van der Waals surface area (Å²) in [5, 5.41) is 2.24. The highest BCUT2D eigenvalue weighted by Crippen LogP contribution is 2.33. The van der Waals surface area contributed by atoms with Crippen LogP contribution in [0.3, 0.4) is 0 Å². The van der Waals surface area contributed by atoms with Gasteiger partial charge in [-0.15, -0.1) is 0 Å². The van der Waals surface area contributed by atoms with Crippen LogP contribution in [-0.4, -0.2) is 11.6 Å². The first kappa shape index (κ1) is 12.3. The second-order valence-electron chi connectivity index (χ2n) is 5.06. The molecule has 1 aliphatic carbocycles. The molecule has 0 spiro atoms. The highest BCUT2D eigenvalue weighted by atomic mass is 35.5. The van der Waals surface area contributed by atoms with Crippen molar-refractivity contribution in [1.29, 1.82) is 0 Å². The Kier molecular flexibility index (Phi) is 2.50. The SMILES string of the molecule is O=C1c2ccccc2C(=O)c2c1ccc1cc(Cl)ccc21. The van der Waals surface area contributed by atoms with E-state index in [-0.39, 0.29) is 11.6 Å². The molecule has 2 nitrogen and oxygen atoms in total. The van der Waals surface area contributed by atoms with Crippen LogP contribution in [0.1, 0.15) is 31.8 Å². The number of carbonyl (C=O) groups is 2. The van der Waals surface area contributed by atoms with Crippen molar-refractivity contribution in [3.05, 3.63) is 81.9 Å². The van der Waals surface area contributed by atoms with Crippen molar-refractivity contribution in [2.45, 2.75) is 0 Å². The molecule has 0 aliphatic heterocycles. The molecule has 3 aromatic carbocycles. The molecule has 4 rings (SSSR count). The fourth-order valence-electron chi connectivity index (χ4n) is 2.89. The molecule has 21 heavy (non-hydrogen) atoms. The lowest BCUT2D eigenvalue weighted by Crippen LogP contribution is -2.21. The Hall–Kier alpha value is -2.45. The fraction of sp³-hybridized carbons (Fsp3) is 0. The monoisotopic (exact) mass is 292 g/mol. The van der Waals surface area contributed by atoms with E-state index in [4.69, 9.17) is 11.6 Å². The van der Waals surface area contributed by atoms with Crippen LogP contribution in [0.5, 0.6) is 0 Å². The summed E-state index contributed by atoms with van der Waals surface area (Å²) in [7, 11) is 0. The summed E-state index contributed by atoms with van der Waals surface area (Å²) in [6.07, 6.45) is 0. The summed E-state index contributed by atoms with van der Waals surface area (Å²) in [6, 6.07) is 15.8. The van der Waals surface area contributed by atoms with Gasteiger partial charge in [0.1, 0.15) is 0 Å². The number of rotatable bonds is 0. The summed E-state index contributed by atoms with van der Waals surface area (Å²) in [6.45, 7) is 0. The molecule has 1 aliphatic rings. The summed E-state index contributed by atoms with van der Waals surface area (Å²) >= 11 is 6.00. The minimum absolute atomic E-state index is 0.1000. The van der Waals surface area contributed by atoms with Gasteiger partial charge in [0.25, 0.3) is 0 Å². The van der Waals surface area contributed by atoms with Gasteiger partial charge in [0, 0.05) is 27.3 Å². The molecule has 0 saturated carbocycles. The van der Waals surface area contributed by atoms with Crippen molar-refractivity contribution in [1.82, 2.24) is 0 Å². The number of benzene rings is 3. The van der Waals surface area contributed by atoms with Crippen molar-refractivity contribution < 1.29 is 9.59 Å². The lowest BCUT2D eigenvalue weighted by atomic mass is 9.82. The maximum Gasteiger partial charge on any atom is 0.195 e. The minimum atomic E-state index is -0.104. The second kappa shape index (κ2) is 4.27. The van der Waals surface area contributed by atoms with Gasteiger partial charge >= 0.3 is 0 Å². The van der Waals surface area contributed by atoms with E-state index in [0.717, 1.165) is 10.8 Å². The highest BCUT2D eigenvalue weighted by molar-refractivity contribution is 6.34. The van der Waals surface area contributed by atoms with E-state index in [1.54, 1.807) is 48.5 Å². The van der Waals surface area contributed by atoms with Gasteiger partial charge in [-0.25, -0.2) is 0 Å². The van der Waals surface area contributed by atoms with E-state index in [0.29, 0.717) is 27.3 Å². The molecule has 0 aromatic heterocycles. The molecule has 0 saturated heterocycles. The van der Waals surface area contributed by atoms with Gasteiger partial charge in [-0.2, -0.15) is 0 Å². The molecule has 0 N–H and O–H groups in total. The maximum atomic E-state index is 12.8.